The van der Waals surface area contributed by atoms with E-state index in [4.69, 9.17) is 4.74 Å². The predicted octanol–water partition coefficient (Wildman–Crippen LogP) is 2.89. The van der Waals surface area contributed by atoms with Crippen molar-refractivity contribution in [3.63, 3.8) is 0 Å². The number of aromatic nitrogens is 2. The molecule has 1 aromatic heterocycles. The minimum absolute atomic E-state index is 0.190. The van der Waals surface area contributed by atoms with E-state index in [1.807, 2.05) is 0 Å². The van der Waals surface area contributed by atoms with E-state index in [9.17, 15) is 9.18 Å². The Morgan fingerprint density at radius 1 is 1.32 bits per heavy atom. The molecule has 1 aliphatic heterocycles. The van der Waals surface area contributed by atoms with Crippen LogP contribution in [0.15, 0.2) is 36.4 Å². The highest BCUT2D eigenvalue weighted by molar-refractivity contribution is 6.08. The summed E-state index contributed by atoms with van der Waals surface area (Å²) in [5.41, 5.74) is 2.04. The standard InChI is InChI=1S/C16H12FN3O2/c17-11-2-1-3-12-14(11)15(20-19-12)18-16(21)10-4-5-13-9(8-10)6-7-22-13/h1-5,8H,6-7H2,(H2,18,19,20,21). The molecule has 2 aromatic carbocycles. The van der Waals surface area contributed by atoms with E-state index >= 15 is 0 Å². The van der Waals surface area contributed by atoms with E-state index < -0.39 is 5.82 Å². The molecule has 5 nitrogen and oxygen atoms in total. The molecule has 2 N–H and O–H groups in total. The molecule has 110 valence electrons. The number of fused-ring (bicyclic) bond motifs is 2. The van der Waals surface area contributed by atoms with Crippen molar-refractivity contribution in [1.82, 2.24) is 10.2 Å². The van der Waals surface area contributed by atoms with Crippen LogP contribution >= 0.6 is 0 Å². The smallest absolute Gasteiger partial charge is 0.256 e. The summed E-state index contributed by atoms with van der Waals surface area (Å²) in [6.07, 6.45) is 0.788. The van der Waals surface area contributed by atoms with Gasteiger partial charge in [-0.05, 0) is 35.9 Å². The van der Waals surface area contributed by atoms with Crippen molar-refractivity contribution in [3.8, 4) is 5.75 Å². The molecule has 0 saturated heterocycles. The number of rotatable bonds is 2. The van der Waals surface area contributed by atoms with Crippen molar-refractivity contribution in [2.24, 2.45) is 0 Å². The first kappa shape index (κ1) is 12.8. The number of nitrogens with zero attached hydrogens (tertiary/aromatic N) is 1. The molecule has 3 aromatic rings. The molecule has 0 radical (unpaired) electrons. The first-order valence-corrected chi connectivity index (χ1v) is 6.92. The number of carbonyl (C=O) groups is 1. The highest BCUT2D eigenvalue weighted by atomic mass is 19.1. The number of amides is 1. The van der Waals surface area contributed by atoms with Crippen LogP contribution in [-0.2, 0) is 6.42 Å². The van der Waals surface area contributed by atoms with E-state index in [0.717, 1.165) is 17.7 Å². The number of carbonyl (C=O) groups excluding carboxylic acids is 1. The first-order valence-electron chi connectivity index (χ1n) is 6.92. The molecule has 1 amide bonds. The van der Waals surface area contributed by atoms with Gasteiger partial charge in [0.15, 0.2) is 5.82 Å². The first-order chi connectivity index (χ1) is 10.7. The quantitative estimate of drug-likeness (QED) is 0.764. The lowest BCUT2D eigenvalue weighted by Crippen LogP contribution is -2.12. The van der Waals surface area contributed by atoms with Crippen LogP contribution in [0.2, 0.25) is 0 Å². The fraction of sp³-hybridized carbons (Fsp3) is 0.125. The molecule has 0 saturated carbocycles. The third-order valence-electron chi connectivity index (χ3n) is 3.72. The second kappa shape index (κ2) is 4.84. The second-order valence-electron chi connectivity index (χ2n) is 5.11. The molecular formula is C16H12FN3O2. The van der Waals surface area contributed by atoms with Crippen LogP contribution in [-0.4, -0.2) is 22.7 Å². The Balaban J connectivity index is 1.66. The zero-order chi connectivity index (χ0) is 15.1. The van der Waals surface area contributed by atoms with Crippen molar-refractivity contribution in [2.45, 2.75) is 6.42 Å². The Morgan fingerprint density at radius 2 is 2.23 bits per heavy atom. The summed E-state index contributed by atoms with van der Waals surface area (Å²) in [5, 5.41) is 9.60. The molecule has 0 atom stereocenters. The van der Waals surface area contributed by atoms with E-state index in [-0.39, 0.29) is 17.1 Å². The largest absolute Gasteiger partial charge is 0.493 e. The van der Waals surface area contributed by atoms with Gasteiger partial charge in [-0.15, -0.1) is 0 Å². The molecule has 22 heavy (non-hydrogen) atoms. The summed E-state index contributed by atoms with van der Waals surface area (Å²) in [6.45, 7) is 0.635. The maximum absolute atomic E-state index is 13.9. The van der Waals surface area contributed by atoms with Gasteiger partial charge in [-0.3, -0.25) is 9.89 Å². The maximum Gasteiger partial charge on any atom is 0.256 e. The summed E-state index contributed by atoms with van der Waals surface area (Å²) >= 11 is 0. The Labute approximate surface area is 125 Å². The molecule has 0 aliphatic carbocycles. The lowest BCUT2D eigenvalue weighted by atomic mass is 10.1. The maximum atomic E-state index is 13.9. The highest BCUT2D eigenvalue weighted by Gasteiger charge is 2.17. The average Bonchev–Trinajstić information content (AvgIpc) is 3.14. The molecule has 0 spiro atoms. The van der Waals surface area contributed by atoms with Crippen molar-refractivity contribution >= 4 is 22.6 Å². The van der Waals surface area contributed by atoms with Gasteiger partial charge in [0.25, 0.3) is 5.91 Å². The third kappa shape index (κ3) is 2.00. The number of benzene rings is 2. The minimum Gasteiger partial charge on any atom is -0.493 e. The third-order valence-corrected chi connectivity index (χ3v) is 3.72. The molecule has 2 heterocycles. The van der Waals surface area contributed by atoms with E-state index in [2.05, 4.69) is 15.5 Å². The Morgan fingerprint density at radius 3 is 3.14 bits per heavy atom. The predicted molar refractivity (Wildman–Crippen MR) is 79.6 cm³/mol. The van der Waals surface area contributed by atoms with E-state index in [1.165, 1.54) is 6.07 Å². The Hall–Kier alpha value is -2.89. The van der Waals surface area contributed by atoms with Gasteiger partial charge in [-0.1, -0.05) is 6.07 Å². The number of ether oxygens (including phenoxy) is 1. The lowest BCUT2D eigenvalue weighted by molar-refractivity contribution is 0.102. The molecule has 6 heteroatoms. The summed E-state index contributed by atoms with van der Waals surface area (Å²) in [6, 6.07) is 9.88. The zero-order valence-corrected chi connectivity index (χ0v) is 11.5. The second-order valence-corrected chi connectivity index (χ2v) is 5.11. The van der Waals surface area contributed by atoms with Crippen LogP contribution in [0.5, 0.6) is 5.75 Å². The molecule has 4 rings (SSSR count). The van der Waals surface area contributed by atoms with Crippen LogP contribution < -0.4 is 10.1 Å². The normalized spacial score (nSPS) is 13.0. The zero-order valence-electron chi connectivity index (χ0n) is 11.5. The number of hydrogen-bond acceptors (Lipinski definition) is 3. The topological polar surface area (TPSA) is 67.0 Å². The van der Waals surface area contributed by atoms with E-state index in [1.54, 1.807) is 30.3 Å². The number of aromatic amines is 1. The van der Waals surface area contributed by atoms with Gasteiger partial charge in [0.05, 0.1) is 17.5 Å². The molecule has 0 bridgehead atoms. The fourth-order valence-electron chi connectivity index (χ4n) is 2.63. The lowest BCUT2D eigenvalue weighted by Gasteiger charge is -2.05. The molecule has 0 fully saturated rings. The minimum atomic E-state index is -0.427. The van der Waals surface area contributed by atoms with Crippen molar-refractivity contribution in [2.75, 3.05) is 11.9 Å². The molecule has 0 unspecified atom stereocenters. The van der Waals surface area contributed by atoms with Crippen LogP contribution in [0.4, 0.5) is 10.2 Å². The van der Waals surface area contributed by atoms with Crippen molar-refractivity contribution in [1.29, 1.82) is 0 Å². The summed E-state index contributed by atoms with van der Waals surface area (Å²) < 4.78 is 19.3. The highest BCUT2D eigenvalue weighted by Crippen LogP contribution is 2.27. The number of hydrogen-bond donors (Lipinski definition) is 2. The summed E-state index contributed by atoms with van der Waals surface area (Å²) in [4.78, 5) is 12.3. The van der Waals surface area contributed by atoms with Gasteiger partial charge >= 0.3 is 0 Å². The van der Waals surface area contributed by atoms with Gasteiger partial charge in [0.2, 0.25) is 0 Å². The number of nitrogens with one attached hydrogen (secondary N) is 2. The Bertz CT molecular complexity index is 888. The van der Waals surface area contributed by atoms with Gasteiger partial charge in [-0.25, -0.2) is 4.39 Å². The number of anilines is 1. The van der Waals surface area contributed by atoms with Crippen LogP contribution in [0.25, 0.3) is 10.9 Å². The van der Waals surface area contributed by atoms with Crippen LogP contribution in [0, 0.1) is 5.82 Å². The van der Waals surface area contributed by atoms with Gasteiger partial charge in [-0.2, -0.15) is 5.10 Å². The van der Waals surface area contributed by atoms with E-state index in [0.29, 0.717) is 17.7 Å². The Kier molecular flexibility index (Phi) is 2.82. The number of halogens is 1. The van der Waals surface area contributed by atoms with Gasteiger partial charge < -0.3 is 10.1 Å². The average molecular weight is 297 g/mol. The summed E-state index contributed by atoms with van der Waals surface area (Å²) in [5.74, 6) is 0.248. The van der Waals surface area contributed by atoms with Crippen molar-refractivity contribution in [3.05, 3.63) is 53.3 Å². The van der Waals surface area contributed by atoms with Gasteiger partial charge in [0, 0.05) is 12.0 Å². The van der Waals surface area contributed by atoms with Crippen LogP contribution in [0.1, 0.15) is 15.9 Å². The van der Waals surface area contributed by atoms with Crippen LogP contribution in [0.3, 0.4) is 0 Å². The number of H-pyrrole nitrogens is 1. The SMILES string of the molecule is O=C(Nc1n[nH]c2cccc(F)c12)c1ccc2c(c1)CCO2. The fourth-order valence-corrected chi connectivity index (χ4v) is 2.63. The van der Waals surface area contributed by atoms with Gasteiger partial charge in [0.1, 0.15) is 11.6 Å². The van der Waals surface area contributed by atoms with Crippen molar-refractivity contribution < 1.29 is 13.9 Å². The monoisotopic (exact) mass is 297 g/mol. The molecular weight excluding hydrogens is 285 g/mol. The summed E-state index contributed by atoms with van der Waals surface area (Å²) in [7, 11) is 0. The molecule has 1 aliphatic rings.